The van der Waals surface area contributed by atoms with Crippen molar-refractivity contribution < 1.29 is 0 Å². The molecule has 1 aromatic rings. The van der Waals surface area contributed by atoms with E-state index in [1.54, 1.807) is 0 Å². The fourth-order valence-corrected chi connectivity index (χ4v) is 1.68. The highest BCUT2D eigenvalue weighted by Gasteiger charge is 2.04. The van der Waals surface area contributed by atoms with Gasteiger partial charge in [-0.2, -0.15) is 0 Å². The Labute approximate surface area is 73.9 Å². The van der Waals surface area contributed by atoms with Crippen molar-refractivity contribution in [2.45, 2.75) is 26.8 Å². The molecule has 0 aliphatic carbocycles. The fourth-order valence-electron chi connectivity index (χ4n) is 0.756. The zero-order valence-electron chi connectivity index (χ0n) is 6.13. The molecule has 0 aromatic carbocycles. The molecule has 1 rings (SSSR count). The van der Waals surface area contributed by atoms with Crippen LogP contribution in [0.1, 0.15) is 19.5 Å². The van der Waals surface area contributed by atoms with Crippen LogP contribution in [0.2, 0.25) is 0 Å². The van der Waals surface area contributed by atoms with Gasteiger partial charge in [-0.25, -0.2) is 4.68 Å². The van der Waals surface area contributed by atoms with E-state index < -0.39 is 0 Å². The van der Waals surface area contributed by atoms with Crippen molar-refractivity contribution in [2.24, 2.45) is 0 Å². The van der Waals surface area contributed by atoms with Crippen LogP contribution in [0, 0.1) is 3.70 Å². The first-order chi connectivity index (χ1) is 4.79. The van der Waals surface area contributed by atoms with E-state index in [4.69, 9.17) is 0 Å². The molecule has 10 heavy (non-hydrogen) atoms. The van der Waals surface area contributed by atoms with Gasteiger partial charge in [-0.3, -0.25) is 0 Å². The summed E-state index contributed by atoms with van der Waals surface area (Å²) in [6.07, 6.45) is 0.971. The minimum Gasteiger partial charge on any atom is -0.239 e. The lowest BCUT2D eigenvalue weighted by atomic mass is 10.4. The molecule has 0 N–H and O–H groups in total. The van der Waals surface area contributed by atoms with E-state index in [2.05, 4.69) is 46.8 Å². The molecular weight excluding hydrogens is 241 g/mol. The van der Waals surface area contributed by atoms with Gasteiger partial charge in [0.1, 0.15) is 3.70 Å². The number of hydrogen-bond donors (Lipinski definition) is 0. The van der Waals surface area contributed by atoms with Gasteiger partial charge in [-0.1, -0.05) is 12.1 Å². The molecule has 0 fully saturated rings. The second kappa shape index (κ2) is 3.32. The second-order valence-electron chi connectivity index (χ2n) is 2.00. The summed E-state index contributed by atoms with van der Waals surface area (Å²) in [5, 5.41) is 7.97. The molecule has 0 aliphatic rings. The highest BCUT2D eigenvalue weighted by molar-refractivity contribution is 14.1. The Hall–Kier alpha value is -0.130. The van der Waals surface area contributed by atoms with Crippen molar-refractivity contribution in [3.63, 3.8) is 0 Å². The molecule has 0 radical (unpaired) electrons. The van der Waals surface area contributed by atoms with Crippen molar-refractivity contribution >= 4 is 22.6 Å². The van der Waals surface area contributed by atoms with Crippen molar-refractivity contribution in [3.8, 4) is 0 Å². The molecule has 0 atom stereocenters. The van der Waals surface area contributed by atoms with Crippen LogP contribution in [-0.2, 0) is 13.0 Å². The van der Waals surface area contributed by atoms with E-state index in [0.717, 1.165) is 18.7 Å². The zero-order valence-corrected chi connectivity index (χ0v) is 8.29. The summed E-state index contributed by atoms with van der Waals surface area (Å²) in [7, 11) is 0. The number of aromatic nitrogens is 3. The average Bonchev–Trinajstić information content (AvgIpc) is 2.30. The van der Waals surface area contributed by atoms with Crippen LogP contribution >= 0.6 is 22.6 Å². The van der Waals surface area contributed by atoms with Gasteiger partial charge in [-0.15, -0.1) is 5.10 Å². The van der Waals surface area contributed by atoms with Crippen LogP contribution in [-0.4, -0.2) is 15.0 Å². The maximum absolute atomic E-state index is 4.01. The van der Waals surface area contributed by atoms with Gasteiger partial charge >= 0.3 is 0 Å². The summed E-state index contributed by atoms with van der Waals surface area (Å²) >= 11 is 2.27. The standard InChI is InChI=1S/C6H10IN3/c1-3-5-6(7)10(4-2)9-8-5/h3-4H2,1-2H3. The van der Waals surface area contributed by atoms with Crippen LogP contribution in [0.4, 0.5) is 0 Å². The Morgan fingerprint density at radius 1 is 1.50 bits per heavy atom. The van der Waals surface area contributed by atoms with Crippen molar-refractivity contribution in [1.29, 1.82) is 0 Å². The second-order valence-corrected chi connectivity index (χ2v) is 3.02. The van der Waals surface area contributed by atoms with Gasteiger partial charge < -0.3 is 0 Å². The average molecular weight is 251 g/mol. The lowest BCUT2D eigenvalue weighted by molar-refractivity contribution is 0.614. The van der Waals surface area contributed by atoms with E-state index in [1.807, 2.05) is 4.68 Å². The molecular formula is C6H10IN3. The third-order valence-electron chi connectivity index (χ3n) is 1.37. The molecule has 0 spiro atoms. The van der Waals surface area contributed by atoms with E-state index in [-0.39, 0.29) is 0 Å². The summed E-state index contributed by atoms with van der Waals surface area (Å²) in [5.74, 6) is 0. The molecule has 0 saturated heterocycles. The first kappa shape index (κ1) is 7.97. The number of nitrogens with zero attached hydrogens (tertiary/aromatic N) is 3. The topological polar surface area (TPSA) is 30.7 Å². The molecule has 0 saturated carbocycles. The maximum atomic E-state index is 4.01. The number of rotatable bonds is 2. The largest absolute Gasteiger partial charge is 0.239 e. The quantitative estimate of drug-likeness (QED) is 0.745. The summed E-state index contributed by atoms with van der Waals surface area (Å²) in [6, 6.07) is 0. The molecule has 1 heterocycles. The van der Waals surface area contributed by atoms with Gasteiger partial charge in [0.25, 0.3) is 0 Å². The Bertz CT molecular complexity index is 197. The van der Waals surface area contributed by atoms with Crippen LogP contribution in [0.5, 0.6) is 0 Å². The first-order valence-corrected chi connectivity index (χ1v) is 4.45. The molecule has 4 heteroatoms. The van der Waals surface area contributed by atoms with E-state index >= 15 is 0 Å². The van der Waals surface area contributed by atoms with Gasteiger partial charge in [0, 0.05) is 6.54 Å². The van der Waals surface area contributed by atoms with E-state index in [0.29, 0.717) is 0 Å². The first-order valence-electron chi connectivity index (χ1n) is 3.37. The summed E-state index contributed by atoms with van der Waals surface area (Å²) < 4.78 is 3.07. The molecule has 1 aromatic heterocycles. The molecule has 0 amide bonds. The van der Waals surface area contributed by atoms with E-state index in [1.165, 1.54) is 3.70 Å². The van der Waals surface area contributed by atoms with Crippen LogP contribution < -0.4 is 0 Å². The Kier molecular flexibility index (Phi) is 2.64. The summed E-state index contributed by atoms with van der Waals surface area (Å²) in [4.78, 5) is 0. The number of halogens is 1. The normalized spacial score (nSPS) is 10.3. The Morgan fingerprint density at radius 2 is 2.20 bits per heavy atom. The predicted molar refractivity (Wildman–Crippen MR) is 47.8 cm³/mol. The van der Waals surface area contributed by atoms with Gasteiger partial charge in [0.15, 0.2) is 0 Å². The van der Waals surface area contributed by atoms with Crippen LogP contribution in [0.15, 0.2) is 0 Å². The lowest BCUT2D eigenvalue weighted by Crippen LogP contribution is -1.98. The van der Waals surface area contributed by atoms with Crippen molar-refractivity contribution in [1.82, 2.24) is 15.0 Å². The van der Waals surface area contributed by atoms with Gasteiger partial charge in [0.2, 0.25) is 0 Å². The van der Waals surface area contributed by atoms with E-state index in [9.17, 15) is 0 Å². The third-order valence-corrected chi connectivity index (χ3v) is 2.55. The predicted octanol–water partition coefficient (Wildman–Crippen LogP) is 1.47. The van der Waals surface area contributed by atoms with Crippen LogP contribution in [0.3, 0.4) is 0 Å². The smallest absolute Gasteiger partial charge is 0.122 e. The minimum atomic E-state index is 0.908. The van der Waals surface area contributed by atoms with Crippen molar-refractivity contribution in [2.75, 3.05) is 0 Å². The van der Waals surface area contributed by atoms with Gasteiger partial charge in [0.05, 0.1) is 5.69 Å². The Morgan fingerprint density at radius 3 is 2.50 bits per heavy atom. The van der Waals surface area contributed by atoms with Crippen molar-refractivity contribution in [3.05, 3.63) is 9.39 Å². The SMILES string of the molecule is CCc1nnn(CC)c1I. The fraction of sp³-hybridized carbons (Fsp3) is 0.667. The molecule has 56 valence electrons. The van der Waals surface area contributed by atoms with Crippen LogP contribution in [0.25, 0.3) is 0 Å². The maximum Gasteiger partial charge on any atom is 0.122 e. The lowest BCUT2D eigenvalue weighted by Gasteiger charge is -1.94. The highest BCUT2D eigenvalue weighted by atomic mass is 127. The highest BCUT2D eigenvalue weighted by Crippen LogP contribution is 2.08. The minimum absolute atomic E-state index is 0.908. The number of aryl methyl sites for hydroxylation is 2. The third kappa shape index (κ3) is 1.31. The zero-order chi connectivity index (χ0) is 7.56. The molecule has 0 unspecified atom stereocenters. The Balaban J connectivity index is 2.97. The molecule has 3 nitrogen and oxygen atoms in total. The summed E-state index contributed by atoms with van der Waals surface area (Å²) in [5.41, 5.74) is 1.10. The van der Waals surface area contributed by atoms with Gasteiger partial charge in [-0.05, 0) is 35.9 Å². The summed E-state index contributed by atoms with van der Waals surface area (Å²) in [6.45, 7) is 5.06. The molecule has 0 aliphatic heterocycles. The number of hydrogen-bond acceptors (Lipinski definition) is 2. The monoisotopic (exact) mass is 251 g/mol. The molecule has 0 bridgehead atoms.